The third-order valence-corrected chi connectivity index (χ3v) is 3.53. The van der Waals surface area contributed by atoms with Gasteiger partial charge in [-0.2, -0.15) is 5.10 Å². The van der Waals surface area contributed by atoms with Crippen molar-refractivity contribution < 1.29 is 23.9 Å². The van der Waals surface area contributed by atoms with E-state index in [9.17, 15) is 14.4 Å². The normalized spacial score (nSPS) is 17.2. The molecule has 1 saturated heterocycles. The topological polar surface area (TPSA) is 114 Å². The van der Waals surface area contributed by atoms with Crippen LogP contribution in [0.2, 0.25) is 0 Å². The van der Waals surface area contributed by atoms with Gasteiger partial charge in [0, 0.05) is 12.7 Å². The number of carbonyl (C=O) groups is 3. The number of amides is 2. The molecule has 1 atom stereocenters. The number of aromatic amines is 1. The number of esters is 1. The van der Waals surface area contributed by atoms with E-state index < -0.39 is 23.7 Å². The number of ether oxygens (including phenoxy) is 2. The Kier molecular flexibility index (Phi) is 6.00. The lowest BCUT2D eigenvalue weighted by Crippen LogP contribution is -2.44. The quantitative estimate of drug-likeness (QED) is 0.605. The Bertz CT molecular complexity index is 609. The lowest BCUT2D eigenvalue weighted by Gasteiger charge is -2.27. The number of nitrogens with zero attached hydrogens (tertiary/aromatic N) is 2. The molecular formula is C16H24N4O5. The second-order valence-corrected chi connectivity index (χ2v) is 6.73. The molecule has 0 aromatic carbocycles. The Morgan fingerprint density at radius 2 is 2.16 bits per heavy atom. The summed E-state index contributed by atoms with van der Waals surface area (Å²) in [5.41, 5.74) is -0.288. The van der Waals surface area contributed by atoms with Crippen molar-refractivity contribution >= 4 is 18.0 Å². The van der Waals surface area contributed by atoms with Crippen LogP contribution < -0.4 is 5.32 Å². The summed E-state index contributed by atoms with van der Waals surface area (Å²) in [5, 5.41) is 8.83. The maximum Gasteiger partial charge on any atom is 0.411 e. The molecule has 2 N–H and O–H groups in total. The van der Waals surface area contributed by atoms with Gasteiger partial charge in [0.1, 0.15) is 23.9 Å². The van der Waals surface area contributed by atoms with Crippen LogP contribution in [-0.4, -0.2) is 64.4 Å². The van der Waals surface area contributed by atoms with Crippen molar-refractivity contribution in [2.24, 2.45) is 0 Å². The Morgan fingerprint density at radius 1 is 1.40 bits per heavy atom. The Hall–Kier alpha value is -2.58. The van der Waals surface area contributed by atoms with Gasteiger partial charge in [0.15, 0.2) is 0 Å². The van der Waals surface area contributed by atoms with Crippen LogP contribution >= 0.6 is 0 Å². The molecule has 2 heterocycles. The third kappa shape index (κ3) is 5.47. The molecule has 2 rings (SSSR count). The smallest absolute Gasteiger partial charge is 0.411 e. The number of H-pyrrole nitrogens is 1. The molecule has 0 spiro atoms. The first-order chi connectivity index (χ1) is 11.8. The molecule has 1 aliphatic rings. The van der Waals surface area contributed by atoms with E-state index in [4.69, 9.17) is 9.47 Å². The Morgan fingerprint density at radius 3 is 2.80 bits per heavy atom. The number of hydrogen-bond acceptors (Lipinski definition) is 6. The van der Waals surface area contributed by atoms with Crippen LogP contribution in [0.1, 0.15) is 44.1 Å². The summed E-state index contributed by atoms with van der Waals surface area (Å²) in [6.07, 6.45) is 2.22. The fourth-order valence-electron chi connectivity index (χ4n) is 2.44. The molecule has 1 fully saturated rings. The lowest BCUT2D eigenvalue weighted by molar-refractivity contribution is -0.148. The van der Waals surface area contributed by atoms with Gasteiger partial charge in [-0.3, -0.25) is 14.8 Å². The van der Waals surface area contributed by atoms with Gasteiger partial charge in [-0.25, -0.2) is 9.59 Å². The highest BCUT2D eigenvalue weighted by molar-refractivity contribution is 5.92. The van der Waals surface area contributed by atoms with Crippen LogP contribution in [0.5, 0.6) is 0 Å². The highest BCUT2D eigenvalue weighted by Gasteiger charge is 2.37. The number of likely N-dealkylation sites (tertiary alicyclic amines) is 1. The third-order valence-electron chi connectivity index (χ3n) is 3.53. The van der Waals surface area contributed by atoms with Gasteiger partial charge in [0.2, 0.25) is 0 Å². The van der Waals surface area contributed by atoms with E-state index in [1.807, 2.05) is 0 Å². The molecule has 0 radical (unpaired) electrons. The zero-order valence-corrected chi connectivity index (χ0v) is 14.7. The summed E-state index contributed by atoms with van der Waals surface area (Å²) in [7, 11) is 0. The second kappa shape index (κ2) is 8.00. The van der Waals surface area contributed by atoms with E-state index in [-0.39, 0.29) is 19.1 Å². The minimum Gasteiger partial charge on any atom is -0.462 e. The van der Waals surface area contributed by atoms with E-state index >= 15 is 0 Å². The largest absolute Gasteiger partial charge is 0.462 e. The zero-order valence-electron chi connectivity index (χ0n) is 14.7. The lowest BCUT2D eigenvalue weighted by atomic mass is 10.2. The van der Waals surface area contributed by atoms with Gasteiger partial charge < -0.3 is 14.8 Å². The average molecular weight is 352 g/mol. The van der Waals surface area contributed by atoms with Crippen molar-refractivity contribution in [1.82, 2.24) is 20.4 Å². The SMILES string of the molecule is CC(C)(C)OC(=O)N1CCC[C@H]1C(=O)OCCNC(=O)c1ccn[nH]1. The molecule has 0 unspecified atom stereocenters. The molecule has 25 heavy (non-hydrogen) atoms. The van der Waals surface area contributed by atoms with E-state index in [1.54, 1.807) is 26.8 Å². The van der Waals surface area contributed by atoms with Crippen molar-refractivity contribution in [2.45, 2.75) is 45.3 Å². The highest BCUT2D eigenvalue weighted by atomic mass is 16.6. The van der Waals surface area contributed by atoms with E-state index in [2.05, 4.69) is 15.5 Å². The summed E-state index contributed by atoms with van der Waals surface area (Å²) >= 11 is 0. The van der Waals surface area contributed by atoms with Crippen molar-refractivity contribution in [3.05, 3.63) is 18.0 Å². The van der Waals surface area contributed by atoms with Crippen molar-refractivity contribution in [3.8, 4) is 0 Å². The minimum atomic E-state index is -0.641. The van der Waals surface area contributed by atoms with Crippen LogP contribution in [0.25, 0.3) is 0 Å². The zero-order chi connectivity index (χ0) is 18.4. The van der Waals surface area contributed by atoms with Gasteiger partial charge in [0.25, 0.3) is 5.91 Å². The Balaban J connectivity index is 1.75. The van der Waals surface area contributed by atoms with Gasteiger partial charge >= 0.3 is 12.1 Å². The van der Waals surface area contributed by atoms with Gasteiger partial charge in [-0.15, -0.1) is 0 Å². The van der Waals surface area contributed by atoms with Gasteiger partial charge in [-0.1, -0.05) is 0 Å². The fraction of sp³-hybridized carbons (Fsp3) is 0.625. The van der Waals surface area contributed by atoms with E-state index in [0.29, 0.717) is 18.7 Å². The van der Waals surface area contributed by atoms with Crippen LogP contribution in [-0.2, 0) is 14.3 Å². The predicted molar refractivity (Wildman–Crippen MR) is 87.8 cm³/mol. The molecular weight excluding hydrogens is 328 g/mol. The molecule has 9 nitrogen and oxygen atoms in total. The number of hydrogen-bond donors (Lipinski definition) is 2. The molecule has 0 aliphatic carbocycles. The molecule has 0 bridgehead atoms. The van der Waals surface area contributed by atoms with Crippen LogP contribution in [0.4, 0.5) is 4.79 Å². The molecule has 1 aromatic rings. The highest BCUT2D eigenvalue weighted by Crippen LogP contribution is 2.21. The number of carbonyl (C=O) groups excluding carboxylic acids is 3. The number of aromatic nitrogens is 2. The molecule has 2 amide bonds. The summed E-state index contributed by atoms with van der Waals surface area (Å²) in [6, 6.07) is 0.900. The van der Waals surface area contributed by atoms with Crippen molar-refractivity contribution in [3.63, 3.8) is 0 Å². The minimum absolute atomic E-state index is 0.0252. The number of nitrogens with one attached hydrogen (secondary N) is 2. The molecule has 9 heteroatoms. The first-order valence-corrected chi connectivity index (χ1v) is 8.22. The first-order valence-electron chi connectivity index (χ1n) is 8.22. The first kappa shape index (κ1) is 18.8. The second-order valence-electron chi connectivity index (χ2n) is 6.73. The molecule has 0 saturated carbocycles. The van der Waals surface area contributed by atoms with E-state index in [0.717, 1.165) is 6.42 Å². The monoisotopic (exact) mass is 352 g/mol. The molecule has 138 valence electrons. The molecule has 1 aromatic heterocycles. The Labute approximate surface area is 146 Å². The summed E-state index contributed by atoms with van der Waals surface area (Å²) < 4.78 is 10.5. The maximum absolute atomic E-state index is 12.2. The summed E-state index contributed by atoms with van der Waals surface area (Å²) in [5.74, 6) is -0.816. The standard InChI is InChI=1S/C16H24N4O5/c1-16(2,3)25-15(23)20-9-4-5-12(20)14(22)24-10-8-17-13(21)11-6-7-18-19-11/h6-7,12H,4-5,8-10H2,1-3H3,(H,17,21)(H,18,19)/t12-/m0/s1. The van der Waals surface area contributed by atoms with Crippen LogP contribution in [0.15, 0.2) is 12.3 Å². The van der Waals surface area contributed by atoms with Crippen LogP contribution in [0.3, 0.4) is 0 Å². The van der Waals surface area contributed by atoms with Crippen molar-refractivity contribution in [2.75, 3.05) is 19.7 Å². The van der Waals surface area contributed by atoms with Gasteiger partial charge in [0.05, 0.1) is 6.54 Å². The summed E-state index contributed by atoms with van der Waals surface area (Å²) in [4.78, 5) is 37.4. The summed E-state index contributed by atoms with van der Waals surface area (Å²) in [6.45, 7) is 5.98. The molecule has 1 aliphatic heterocycles. The predicted octanol–water partition coefficient (Wildman–Crippen LogP) is 1.08. The maximum atomic E-state index is 12.2. The average Bonchev–Trinajstić information content (AvgIpc) is 3.19. The van der Waals surface area contributed by atoms with Gasteiger partial charge in [-0.05, 0) is 39.7 Å². The van der Waals surface area contributed by atoms with E-state index in [1.165, 1.54) is 11.1 Å². The number of rotatable bonds is 5. The van der Waals surface area contributed by atoms with Crippen molar-refractivity contribution in [1.29, 1.82) is 0 Å². The van der Waals surface area contributed by atoms with Crippen LogP contribution in [0, 0.1) is 0 Å². The fourth-order valence-corrected chi connectivity index (χ4v) is 2.44.